The van der Waals surface area contributed by atoms with Crippen molar-refractivity contribution in [3.05, 3.63) is 18.2 Å². The fourth-order valence-electron chi connectivity index (χ4n) is 2.85. The van der Waals surface area contributed by atoms with E-state index in [1.165, 1.54) is 10.8 Å². The zero-order valence-electron chi connectivity index (χ0n) is 13.4. The van der Waals surface area contributed by atoms with Gasteiger partial charge in [-0.3, -0.25) is 9.59 Å². The van der Waals surface area contributed by atoms with Crippen LogP contribution < -0.4 is 5.73 Å². The Labute approximate surface area is 130 Å². The SMILES string of the molecule is CN(CC1CCCCO1)C(=O)C(C)(C)n1ccnc1C(N)=O. The summed E-state index contributed by atoms with van der Waals surface area (Å²) < 4.78 is 7.20. The van der Waals surface area contributed by atoms with Crippen LogP contribution >= 0.6 is 0 Å². The van der Waals surface area contributed by atoms with Crippen LogP contribution in [-0.2, 0) is 15.1 Å². The van der Waals surface area contributed by atoms with Crippen LogP contribution in [0.15, 0.2) is 12.4 Å². The topological polar surface area (TPSA) is 90.4 Å². The second-order valence-corrected chi connectivity index (χ2v) is 6.22. The molecular formula is C15H24N4O3. The summed E-state index contributed by atoms with van der Waals surface area (Å²) in [4.78, 5) is 29.8. The van der Waals surface area contributed by atoms with Gasteiger partial charge in [0.15, 0.2) is 5.82 Å². The van der Waals surface area contributed by atoms with Crippen molar-refractivity contribution in [2.75, 3.05) is 20.2 Å². The molecule has 0 spiro atoms. The van der Waals surface area contributed by atoms with Crippen molar-refractivity contribution in [1.29, 1.82) is 0 Å². The fraction of sp³-hybridized carbons (Fsp3) is 0.667. The van der Waals surface area contributed by atoms with Gasteiger partial charge in [-0.25, -0.2) is 4.98 Å². The molecule has 2 amide bonds. The lowest BCUT2D eigenvalue weighted by Gasteiger charge is -2.34. The maximum Gasteiger partial charge on any atom is 0.284 e. The Kier molecular flexibility index (Phi) is 4.85. The molecule has 1 aliphatic heterocycles. The summed E-state index contributed by atoms with van der Waals surface area (Å²) in [5.74, 6) is -0.674. The first kappa shape index (κ1) is 16.5. The third-order valence-electron chi connectivity index (χ3n) is 4.08. The molecule has 2 rings (SSSR count). The zero-order valence-corrected chi connectivity index (χ0v) is 13.4. The van der Waals surface area contributed by atoms with E-state index in [9.17, 15) is 9.59 Å². The average Bonchev–Trinajstić information content (AvgIpc) is 2.98. The highest BCUT2D eigenvalue weighted by Gasteiger charge is 2.35. The van der Waals surface area contributed by atoms with E-state index in [2.05, 4.69) is 4.98 Å². The summed E-state index contributed by atoms with van der Waals surface area (Å²) in [6.45, 7) is 4.80. The minimum atomic E-state index is -0.940. The molecule has 1 aliphatic rings. The number of hydrogen-bond acceptors (Lipinski definition) is 4. The second kappa shape index (κ2) is 6.48. The first-order valence-electron chi connectivity index (χ1n) is 7.55. The van der Waals surface area contributed by atoms with Gasteiger partial charge in [0.1, 0.15) is 5.54 Å². The largest absolute Gasteiger partial charge is 0.376 e. The molecule has 2 heterocycles. The van der Waals surface area contributed by atoms with Crippen molar-refractivity contribution in [2.45, 2.75) is 44.8 Å². The van der Waals surface area contributed by atoms with E-state index in [-0.39, 0.29) is 17.8 Å². The van der Waals surface area contributed by atoms with Crippen molar-refractivity contribution < 1.29 is 14.3 Å². The van der Waals surface area contributed by atoms with E-state index in [0.29, 0.717) is 6.54 Å². The van der Waals surface area contributed by atoms with E-state index in [4.69, 9.17) is 10.5 Å². The number of aromatic nitrogens is 2. The molecular weight excluding hydrogens is 284 g/mol. The van der Waals surface area contributed by atoms with Gasteiger partial charge in [0.05, 0.1) is 6.10 Å². The Morgan fingerprint density at radius 3 is 2.82 bits per heavy atom. The Morgan fingerprint density at radius 2 is 2.23 bits per heavy atom. The molecule has 7 heteroatoms. The van der Waals surface area contributed by atoms with Crippen molar-refractivity contribution in [2.24, 2.45) is 5.73 Å². The maximum absolute atomic E-state index is 12.8. The molecule has 0 radical (unpaired) electrons. The highest BCUT2D eigenvalue weighted by molar-refractivity contribution is 5.91. The summed E-state index contributed by atoms with van der Waals surface area (Å²) in [6, 6.07) is 0. The molecule has 1 atom stereocenters. The molecule has 1 aromatic heterocycles. The van der Waals surface area contributed by atoms with Crippen LogP contribution in [0.2, 0.25) is 0 Å². The van der Waals surface area contributed by atoms with Crippen molar-refractivity contribution in [3.8, 4) is 0 Å². The van der Waals surface area contributed by atoms with Gasteiger partial charge in [0.25, 0.3) is 5.91 Å². The number of primary amides is 1. The smallest absolute Gasteiger partial charge is 0.284 e. The highest BCUT2D eigenvalue weighted by atomic mass is 16.5. The molecule has 0 aromatic carbocycles. The Hall–Kier alpha value is -1.89. The summed E-state index contributed by atoms with van der Waals surface area (Å²) in [5.41, 5.74) is 4.37. The maximum atomic E-state index is 12.8. The van der Waals surface area contributed by atoms with Crippen molar-refractivity contribution in [3.63, 3.8) is 0 Å². The van der Waals surface area contributed by atoms with Gasteiger partial charge in [-0.15, -0.1) is 0 Å². The number of imidazole rings is 1. The molecule has 1 aromatic rings. The quantitative estimate of drug-likeness (QED) is 0.869. The number of carbonyl (C=O) groups excluding carboxylic acids is 2. The van der Waals surface area contributed by atoms with Crippen LogP contribution in [0.1, 0.15) is 43.7 Å². The number of hydrogen-bond donors (Lipinski definition) is 1. The first-order chi connectivity index (χ1) is 10.3. The summed E-state index contributed by atoms with van der Waals surface area (Å²) in [5, 5.41) is 0. The monoisotopic (exact) mass is 308 g/mol. The van der Waals surface area contributed by atoms with Gasteiger partial charge >= 0.3 is 0 Å². The van der Waals surface area contributed by atoms with Crippen LogP contribution in [0.3, 0.4) is 0 Å². The molecule has 22 heavy (non-hydrogen) atoms. The average molecular weight is 308 g/mol. The van der Waals surface area contributed by atoms with Gasteiger partial charge in [0, 0.05) is 32.6 Å². The number of nitrogens with zero attached hydrogens (tertiary/aromatic N) is 3. The lowest BCUT2D eigenvalue weighted by atomic mass is 10.0. The molecule has 7 nitrogen and oxygen atoms in total. The van der Waals surface area contributed by atoms with Gasteiger partial charge in [-0.2, -0.15) is 0 Å². The van der Waals surface area contributed by atoms with Crippen molar-refractivity contribution >= 4 is 11.8 Å². The van der Waals surface area contributed by atoms with Crippen LogP contribution in [-0.4, -0.2) is 52.6 Å². The van der Waals surface area contributed by atoms with E-state index in [1.54, 1.807) is 32.0 Å². The molecule has 1 fully saturated rings. The molecule has 0 aliphatic carbocycles. The fourth-order valence-corrected chi connectivity index (χ4v) is 2.85. The number of carbonyl (C=O) groups is 2. The number of nitrogens with two attached hydrogens (primary N) is 1. The highest BCUT2D eigenvalue weighted by Crippen LogP contribution is 2.21. The Balaban J connectivity index is 2.11. The van der Waals surface area contributed by atoms with Crippen LogP contribution in [0, 0.1) is 0 Å². The van der Waals surface area contributed by atoms with E-state index in [1.807, 2.05) is 0 Å². The zero-order chi connectivity index (χ0) is 16.3. The van der Waals surface area contributed by atoms with Gasteiger partial charge in [-0.1, -0.05) is 0 Å². The number of ether oxygens (including phenoxy) is 1. The minimum Gasteiger partial charge on any atom is -0.376 e. The summed E-state index contributed by atoms with van der Waals surface area (Å²) in [6.07, 6.45) is 6.33. The molecule has 122 valence electrons. The van der Waals surface area contributed by atoms with Gasteiger partial charge < -0.3 is 19.9 Å². The molecule has 1 unspecified atom stereocenters. The molecule has 0 bridgehead atoms. The van der Waals surface area contributed by atoms with Gasteiger partial charge in [-0.05, 0) is 33.1 Å². The predicted octanol–water partition coefficient (Wildman–Crippen LogP) is 0.745. The molecule has 0 saturated carbocycles. The summed E-state index contributed by atoms with van der Waals surface area (Å²) in [7, 11) is 1.75. The van der Waals surface area contributed by atoms with Crippen LogP contribution in [0.25, 0.3) is 0 Å². The number of amides is 2. The Morgan fingerprint density at radius 1 is 1.50 bits per heavy atom. The van der Waals surface area contributed by atoms with Crippen LogP contribution in [0.5, 0.6) is 0 Å². The molecule has 2 N–H and O–H groups in total. The minimum absolute atomic E-state index is 0.0805. The van der Waals surface area contributed by atoms with Crippen molar-refractivity contribution in [1.82, 2.24) is 14.5 Å². The third-order valence-corrected chi connectivity index (χ3v) is 4.08. The van der Waals surface area contributed by atoms with E-state index >= 15 is 0 Å². The van der Waals surface area contributed by atoms with E-state index in [0.717, 1.165) is 25.9 Å². The standard InChI is InChI=1S/C15H24N4O3/c1-15(2,19-8-7-17-13(19)12(16)20)14(21)18(3)10-11-6-4-5-9-22-11/h7-8,11H,4-6,9-10H2,1-3H3,(H2,16,20). The lowest BCUT2D eigenvalue weighted by Crippen LogP contribution is -2.49. The number of rotatable bonds is 5. The van der Waals surface area contributed by atoms with Gasteiger partial charge in [0.2, 0.25) is 5.91 Å². The predicted molar refractivity (Wildman–Crippen MR) is 81.3 cm³/mol. The number of likely N-dealkylation sites (N-methyl/N-ethyl adjacent to an activating group) is 1. The van der Waals surface area contributed by atoms with E-state index < -0.39 is 11.4 Å². The Bertz CT molecular complexity index is 547. The van der Waals surface area contributed by atoms with Crippen LogP contribution in [0.4, 0.5) is 0 Å². The normalized spacial score (nSPS) is 19.0. The third kappa shape index (κ3) is 3.30. The first-order valence-corrected chi connectivity index (χ1v) is 7.55. The lowest BCUT2D eigenvalue weighted by molar-refractivity contribution is -0.140. The molecule has 1 saturated heterocycles. The summed E-state index contributed by atoms with van der Waals surface area (Å²) >= 11 is 0. The second-order valence-electron chi connectivity index (χ2n) is 6.22.